The highest BCUT2D eigenvalue weighted by Gasteiger charge is 2.48. The number of anilines is 1. The molecule has 5 nitrogen and oxygen atoms in total. The van der Waals surface area contributed by atoms with Crippen LogP contribution in [0.2, 0.25) is 0 Å². The van der Waals surface area contributed by atoms with E-state index in [0.717, 1.165) is 24.3 Å². The minimum absolute atomic E-state index is 0.0362. The molecule has 0 aromatic heterocycles. The number of rotatable bonds is 5. The number of nitrogens with one attached hydrogen (secondary N) is 1. The summed E-state index contributed by atoms with van der Waals surface area (Å²) in [7, 11) is 0. The van der Waals surface area contributed by atoms with Crippen LogP contribution >= 0.6 is 0 Å². The number of non-ortho nitro benzene ring substituents is 1. The molecule has 0 heterocycles. The highest BCUT2D eigenvalue weighted by atomic mass is 16.6. The van der Waals surface area contributed by atoms with Gasteiger partial charge in [-0.1, -0.05) is 13.8 Å². The monoisotopic (exact) mass is 278 g/mol. The zero-order chi connectivity index (χ0) is 14.9. The lowest BCUT2D eigenvalue weighted by Gasteiger charge is -2.52. The fraction of sp³-hybridized carbons (Fsp3) is 0.600. The normalized spacial score (nSPS) is 24.0. The minimum atomic E-state index is -0.354. The second-order valence-corrected chi connectivity index (χ2v) is 6.01. The van der Waals surface area contributed by atoms with Crippen LogP contribution in [0.25, 0.3) is 0 Å². The van der Waals surface area contributed by atoms with Crippen molar-refractivity contribution in [3.63, 3.8) is 0 Å². The molecule has 1 aliphatic carbocycles. The first kappa shape index (κ1) is 14.8. The van der Waals surface area contributed by atoms with Crippen molar-refractivity contribution in [2.75, 3.05) is 11.9 Å². The minimum Gasteiger partial charge on any atom is -0.381 e. The Bertz CT molecular complexity index is 514. The Balaban J connectivity index is 2.10. The van der Waals surface area contributed by atoms with E-state index in [-0.39, 0.29) is 28.2 Å². The lowest BCUT2D eigenvalue weighted by atomic mass is 9.64. The van der Waals surface area contributed by atoms with Crippen LogP contribution in [0.4, 0.5) is 11.4 Å². The van der Waals surface area contributed by atoms with Crippen LogP contribution < -0.4 is 5.32 Å². The van der Waals surface area contributed by atoms with Gasteiger partial charge in [0.25, 0.3) is 5.69 Å². The van der Waals surface area contributed by atoms with E-state index in [1.165, 1.54) is 0 Å². The van der Waals surface area contributed by atoms with Crippen LogP contribution in [0.5, 0.6) is 0 Å². The maximum Gasteiger partial charge on any atom is 0.271 e. The molecule has 0 amide bonds. The predicted molar refractivity (Wildman–Crippen MR) is 79.1 cm³/mol. The lowest BCUT2D eigenvalue weighted by molar-refractivity contribution is -0.384. The third kappa shape index (κ3) is 2.77. The standard InChI is InChI=1S/C15H22N2O3/c1-5-20-14-9-13(15(14,3)4)16-11-6-10(2)7-12(8-11)17(18)19/h6-8,13-14,16H,5,9H2,1-4H3. The third-order valence-corrected chi connectivity index (χ3v) is 4.16. The van der Waals surface area contributed by atoms with Crippen LogP contribution in [-0.2, 0) is 4.74 Å². The lowest BCUT2D eigenvalue weighted by Crippen LogP contribution is -2.58. The summed E-state index contributed by atoms with van der Waals surface area (Å²) in [5.74, 6) is 0. The molecule has 1 fully saturated rings. The van der Waals surface area contributed by atoms with E-state index >= 15 is 0 Å². The number of hydrogen-bond donors (Lipinski definition) is 1. The van der Waals surface area contributed by atoms with E-state index in [4.69, 9.17) is 4.74 Å². The number of nitro groups is 1. The van der Waals surface area contributed by atoms with Crippen molar-refractivity contribution in [3.8, 4) is 0 Å². The predicted octanol–water partition coefficient (Wildman–Crippen LogP) is 3.52. The molecule has 2 rings (SSSR count). The topological polar surface area (TPSA) is 64.4 Å². The quantitative estimate of drug-likeness (QED) is 0.661. The fourth-order valence-corrected chi connectivity index (χ4v) is 2.77. The highest BCUT2D eigenvalue weighted by Crippen LogP contribution is 2.44. The van der Waals surface area contributed by atoms with Crippen LogP contribution in [0.15, 0.2) is 18.2 Å². The largest absolute Gasteiger partial charge is 0.381 e. The van der Waals surface area contributed by atoms with Crippen molar-refractivity contribution in [2.45, 2.75) is 46.3 Å². The molecule has 1 aliphatic rings. The molecule has 1 N–H and O–H groups in total. The number of ether oxygens (including phenoxy) is 1. The van der Waals surface area contributed by atoms with Crippen LogP contribution in [0.3, 0.4) is 0 Å². The van der Waals surface area contributed by atoms with Crippen LogP contribution in [0.1, 0.15) is 32.8 Å². The molecule has 0 spiro atoms. The maximum atomic E-state index is 10.9. The van der Waals surface area contributed by atoms with Gasteiger partial charge in [0.2, 0.25) is 0 Å². The Hall–Kier alpha value is -1.62. The summed E-state index contributed by atoms with van der Waals surface area (Å²) in [5, 5.41) is 14.3. The molecule has 20 heavy (non-hydrogen) atoms. The van der Waals surface area contributed by atoms with Gasteiger partial charge in [-0.05, 0) is 31.9 Å². The first-order chi connectivity index (χ1) is 9.34. The molecule has 0 radical (unpaired) electrons. The van der Waals surface area contributed by atoms with Crippen molar-refractivity contribution in [3.05, 3.63) is 33.9 Å². The van der Waals surface area contributed by atoms with E-state index in [1.807, 2.05) is 19.9 Å². The Morgan fingerprint density at radius 3 is 2.70 bits per heavy atom. The summed E-state index contributed by atoms with van der Waals surface area (Å²) in [6.45, 7) is 8.92. The number of aryl methyl sites for hydroxylation is 1. The number of hydrogen-bond acceptors (Lipinski definition) is 4. The molecule has 0 aliphatic heterocycles. The van der Waals surface area contributed by atoms with E-state index in [1.54, 1.807) is 12.1 Å². The smallest absolute Gasteiger partial charge is 0.271 e. The van der Waals surface area contributed by atoms with Crippen molar-refractivity contribution < 1.29 is 9.66 Å². The fourth-order valence-electron chi connectivity index (χ4n) is 2.77. The van der Waals surface area contributed by atoms with Gasteiger partial charge in [0.05, 0.1) is 11.0 Å². The molecule has 0 bridgehead atoms. The molecule has 2 unspecified atom stereocenters. The molecule has 110 valence electrons. The first-order valence-electron chi connectivity index (χ1n) is 6.98. The van der Waals surface area contributed by atoms with Crippen molar-refractivity contribution in [1.29, 1.82) is 0 Å². The van der Waals surface area contributed by atoms with Crippen LogP contribution in [0, 0.1) is 22.5 Å². The maximum absolute atomic E-state index is 10.9. The van der Waals surface area contributed by atoms with E-state index in [9.17, 15) is 10.1 Å². The van der Waals surface area contributed by atoms with Crippen molar-refractivity contribution in [1.82, 2.24) is 0 Å². The molecule has 2 atom stereocenters. The number of nitrogens with zero attached hydrogens (tertiary/aromatic N) is 1. The molecular formula is C15H22N2O3. The SMILES string of the molecule is CCOC1CC(Nc2cc(C)cc([N+](=O)[O-])c2)C1(C)C. The van der Waals surface area contributed by atoms with Gasteiger partial charge in [0.15, 0.2) is 0 Å². The van der Waals surface area contributed by atoms with Gasteiger partial charge in [0.1, 0.15) is 0 Å². The molecule has 0 saturated heterocycles. The van der Waals surface area contributed by atoms with Crippen molar-refractivity contribution in [2.24, 2.45) is 5.41 Å². The van der Waals surface area contributed by atoms with Gasteiger partial charge in [-0.15, -0.1) is 0 Å². The molecule has 1 saturated carbocycles. The van der Waals surface area contributed by atoms with Gasteiger partial charge in [-0.2, -0.15) is 0 Å². The van der Waals surface area contributed by atoms with E-state index in [2.05, 4.69) is 19.2 Å². The zero-order valence-electron chi connectivity index (χ0n) is 12.5. The highest BCUT2D eigenvalue weighted by molar-refractivity contribution is 5.55. The Kier molecular flexibility index (Phi) is 3.99. The van der Waals surface area contributed by atoms with Gasteiger partial charge in [-0.3, -0.25) is 10.1 Å². The van der Waals surface area contributed by atoms with Crippen molar-refractivity contribution >= 4 is 11.4 Å². The molecule has 1 aromatic rings. The Labute approximate surface area is 119 Å². The Morgan fingerprint density at radius 1 is 1.45 bits per heavy atom. The molecule has 5 heteroatoms. The summed E-state index contributed by atoms with van der Waals surface area (Å²) in [6, 6.07) is 5.40. The average molecular weight is 278 g/mol. The van der Waals surface area contributed by atoms with E-state index < -0.39 is 0 Å². The summed E-state index contributed by atoms with van der Waals surface area (Å²) in [5.41, 5.74) is 1.87. The first-order valence-corrected chi connectivity index (χ1v) is 6.98. The average Bonchev–Trinajstić information content (AvgIpc) is 2.37. The van der Waals surface area contributed by atoms with Gasteiger partial charge >= 0.3 is 0 Å². The van der Waals surface area contributed by atoms with E-state index in [0.29, 0.717) is 0 Å². The van der Waals surface area contributed by atoms with Gasteiger partial charge < -0.3 is 10.1 Å². The zero-order valence-corrected chi connectivity index (χ0v) is 12.5. The van der Waals surface area contributed by atoms with Gasteiger partial charge in [-0.25, -0.2) is 0 Å². The molecule has 1 aromatic carbocycles. The molecular weight excluding hydrogens is 256 g/mol. The van der Waals surface area contributed by atoms with Gasteiger partial charge in [0, 0.05) is 35.9 Å². The second-order valence-electron chi connectivity index (χ2n) is 6.01. The number of nitro benzene ring substituents is 1. The van der Waals surface area contributed by atoms with Crippen LogP contribution in [-0.4, -0.2) is 23.7 Å². The third-order valence-electron chi connectivity index (χ3n) is 4.16. The second kappa shape index (κ2) is 5.40. The Morgan fingerprint density at radius 2 is 2.15 bits per heavy atom. The number of benzene rings is 1. The summed E-state index contributed by atoms with van der Waals surface area (Å²) >= 11 is 0. The summed E-state index contributed by atoms with van der Waals surface area (Å²) in [4.78, 5) is 10.5. The summed E-state index contributed by atoms with van der Waals surface area (Å²) in [6.07, 6.45) is 1.19. The summed E-state index contributed by atoms with van der Waals surface area (Å²) < 4.78 is 5.70.